The average Bonchev–Trinajstić information content (AvgIpc) is 2.46. The number of aliphatic hydroxyl groups is 1. The van der Waals surface area contributed by atoms with Crippen molar-refractivity contribution in [3.05, 3.63) is 65.2 Å². The highest BCUT2D eigenvalue weighted by Gasteiger charge is 2.06. The van der Waals surface area contributed by atoms with Crippen molar-refractivity contribution in [3.63, 3.8) is 0 Å². The summed E-state index contributed by atoms with van der Waals surface area (Å²) in [5.74, 6) is -0.659. The maximum absolute atomic E-state index is 13.4. The minimum absolute atomic E-state index is 0.0296. The van der Waals surface area contributed by atoms with E-state index in [4.69, 9.17) is 4.74 Å². The van der Waals surface area contributed by atoms with Crippen LogP contribution in [0.1, 0.15) is 30.6 Å². The second-order valence-electron chi connectivity index (χ2n) is 4.52. The lowest BCUT2D eigenvalue weighted by Gasteiger charge is -2.10. The lowest BCUT2D eigenvalue weighted by molar-refractivity contribution is 0.173. The van der Waals surface area contributed by atoms with Gasteiger partial charge in [0.25, 0.3) is 0 Å². The molecule has 1 N–H and O–H groups in total. The smallest absolute Gasteiger partial charge is 0.132 e. The van der Waals surface area contributed by atoms with Crippen LogP contribution in [0.5, 0.6) is 5.75 Å². The number of hydrogen-bond acceptors (Lipinski definition) is 2. The molecule has 2 rings (SSSR count). The topological polar surface area (TPSA) is 29.5 Å². The monoisotopic (exact) mass is 278 g/mol. The van der Waals surface area contributed by atoms with Gasteiger partial charge in [-0.25, -0.2) is 8.78 Å². The molecule has 0 fully saturated rings. The second-order valence-corrected chi connectivity index (χ2v) is 4.52. The van der Waals surface area contributed by atoms with E-state index in [0.717, 1.165) is 11.6 Å². The van der Waals surface area contributed by atoms with Crippen LogP contribution in [0.25, 0.3) is 0 Å². The molecule has 2 nitrogen and oxygen atoms in total. The molecule has 0 aliphatic heterocycles. The standard InChI is InChI=1S/C16H16F2O2/c1-2-16(19)11-4-7-14(8-5-11)20-10-12-3-6-13(17)9-15(12)18/h3-9,16,19H,2,10H2,1H3/t16-/m1/s1. The van der Waals surface area contributed by atoms with Gasteiger partial charge in [-0.3, -0.25) is 0 Å². The van der Waals surface area contributed by atoms with E-state index >= 15 is 0 Å². The van der Waals surface area contributed by atoms with Gasteiger partial charge < -0.3 is 9.84 Å². The fourth-order valence-electron chi connectivity index (χ4n) is 1.82. The average molecular weight is 278 g/mol. The highest BCUT2D eigenvalue weighted by molar-refractivity contribution is 5.29. The first-order chi connectivity index (χ1) is 9.60. The molecule has 0 aliphatic rings. The summed E-state index contributed by atoms with van der Waals surface area (Å²) in [6.07, 6.45) is 0.152. The van der Waals surface area contributed by atoms with Crippen LogP contribution in [0, 0.1) is 11.6 Å². The number of aliphatic hydroxyl groups excluding tert-OH is 1. The van der Waals surface area contributed by atoms with Crippen LogP contribution in [-0.2, 0) is 6.61 Å². The van der Waals surface area contributed by atoms with Crippen molar-refractivity contribution < 1.29 is 18.6 Å². The highest BCUT2D eigenvalue weighted by Crippen LogP contribution is 2.21. The number of benzene rings is 2. The summed E-state index contributed by atoms with van der Waals surface area (Å²) >= 11 is 0. The van der Waals surface area contributed by atoms with Crippen molar-refractivity contribution in [2.75, 3.05) is 0 Å². The largest absolute Gasteiger partial charge is 0.489 e. The molecule has 0 radical (unpaired) electrons. The van der Waals surface area contributed by atoms with Crippen LogP contribution in [0.15, 0.2) is 42.5 Å². The van der Waals surface area contributed by atoms with E-state index in [-0.39, 0.29) is 6.61 Å². The molecule has 0 aromatic heterocycles. The first-order valence-corrected chi connectivity index (χ1v) is 6.45. The molecular formula is C16H16F2O2. The molecule has 0 bridgehead atoms. The normalized spacial score (nSPS) is 12.2. The molecule has 0 saturated heterocycles. The van der Waals surface area contributed by atoms with E-state index in [0.29, 0.717) is 17.7 Å². The van der Waals surface area contributed by atoms with Crippen molar-refractivity contribution in [1.29, 1.82) is 0 Å². The predicted octanol–water partition coefficient (Wildman–Crippen LogP) is 3.99. The number of hydrogen-bond donors (Lipinski definition) is 1. The Hall–Kier alpha value is -1.94. The van der Waals surface area contributed by atoms with Crippen molar-refractivity contribution in [1.82, 2.24) is 0 Å². The summed E-state index contributed by atoms with van der Waals surface area (Å²) < 4.78 is 31.6. The molecule has 0 aliphatic carbocycles. The first kappa shape index (κ1) is 14.5. The molecule has 20 heavy (non-hydrogen) atoms. The summed E-state index contributed by atoms with van der Waals surface area (Å²) in [6.45, 7) is 1.92. The zero-order valence-electron chi connectivity index (χ0n) is 11.1. The molecule has 4 heteroatoms. The zero-order chi connectivity index (χ0) is 14.5. The molecule has 0 heterocycles. The fourth-order valence-corrected chi connectivity index (χ4v) is 1.82. The van der Waals surface area contributed by atoms with Crippen LogP contribution in [-0.4, -0.2) is 5.11 Å². The van der Waals surface area contributed by atoms with Crippen molar-refractivity contribution in [3.8, 4) is 5.75 Å². The Morgan fingerprint density at radius 2 is 1.80 bits per heavy atom. The maximum atomic E-state index is 13.4. The van der Waals surface area contributed by atoms with E-state index in [2.05, 4.69) is 0 Å². The molecule has 0 spiro atoms. The third kappa shape index (κ3) is 3.54. The Kier molecular flexibility index (Phi) is 4.69. The van der Waals surface area contributed by atoms with E-state index in [1.54, 1.807) is 24.3 Å². The predicted molar refractivity (Wildman–Crippen MR) is 72.4 cm³/mol. The van der Waals surface area contributed by atoms with Gasteiger partial charge >= 0.3 is 0 Å². The molecular weight excluding hydrogens is 262 g/mol. The Morgan fingerprint density at radius 3 is 2.40 bits per heavy atom. The summed E-state index contributed by atoms with van der Waals surface area (Å²) in [4.78, 5) is 0. The van der Waals surface area contributed by atoms with E-state index in [1.807, 2.05) is 6.92 Å². The SMILES string of the molecule is CC[C@@H](O)c1ccc(OCc2ccc(F)cc2F)cc1. The summed E-state index contributed by atoms with van der Waals surface area (Å²) in [6, 6.07) is 10.4. The Balaban J connectivity index is 2.00. The van der Waals surface area contributed by atoms with Gasteiger partial charge in [-0.15, -0.1) is 0 Å². The molecule has 1 atom stereocenters. The minimum Gasteiger partial charge on any atom is -0.489 e. The van der Waals surface area contributed by atoms with Crippen LogP contribution in [0.3, 0.4) is 0 Å². The molecule has 106 valence electrons. The van der Waals surface area contributed by atoms with Crippen molar-refractivity contribution in [2.45, 2.75) is 26.1 Å². The zero-order valence-corrected chi connectivity index (χ0v) is 11.1. The van der Waals surface area contributed by atoms with Gasteiger partial charge in [0.05, 0.1) is 6.10 Å². The van der Waals surface area contributed by atoms with Gasteiger partial charge in [0.2, 0.25) is 0 Å². The van der Waals surface area contributed by atoms with Gasteiger partial charge in [-0.2, -0.15) is 0 Å². The third-order valence-electron chi connectivity index (χ3n) is 3.06. The first-order valence-electron chi connectivity index (χ1n) is 6.45. The Labute approximate surface area is 116 Å². The van der Waals surface area contributed by atoms with Crippen LogP contribution in [0.2, 0.25) is 0 Å². The highest BCUT2D eigenvalue weighted by atomic mass is 19.1. The Morgan fingerprint density at radius 1 is 1.10 bits per heavy atom. The summed E-state index contributed by atoms with van der Waals surface area (Å²) in [7, 11) is 0. The van der Waals surface area contributed by atoms with E-state index < -0.39 is 17.7 Å². The lowest BCUT2D eigenvalue weighted by atomic mass is 10.1. The molecule has 2 aromatic rings. The number of ether oxygens (including phenoxy) is 1. The van der Waals surface area contributed by atoms with Crippen molar-refractivity contribution >= 4 is 0 Å². The third-order valence-corrected chi connectivity index (χ3v) is 3.06. The second kappa shape index (κ2) is 6.48. The Bertz CT molecular complexity index is 567. The van der Waals surface area contributed by atoms with Gasteiger partial charge in [0, 0.05) is 11.6 Å². The van der Waals surface area contributed by atoms with Crippen LogP contribution < -0.4 is 4.74 Å². The number of rotatable bonds is 5. The maximum Gasteiger partial charge on any atom is 0.132 e. The van der Waals surface area contributed by atoms with Gasteiger partial charge in [0.15, 0.2) is 0 Å². The summed E-state index contributed by atoms with van der Waals surface area (Å²) in [5, 5.41) is 9.66. The molecule has 0 saturated carbocycles. The number of halogens is 2. The molecule has 0 amide bonds. The van der Waals surface area contributed by atoms with E-state index in [9.17, 15) is 13.9 Å². The van der Waals surface area contributed by atoms with Crippen LogP contribution in [0.4, 0.5) is 8.78 Å². The molecule has 0 unspecified atom stereocenters. The lowest BCUT2D eigenvalue weighted by Crippen LogP contribution is -2.00. The van der Waals surface area contributed by atoms with E-state index in [1.165, 1.54) is 12.1 Å². The van der Waals surface area contributed by atoms with Crippen LogP contribution >= 0.6 is 0 Å². The van der Waals surface area contributed by atoms with Gasteiger partial charge in [-0.05, 0) is 36.2 Å². The molecule has 2 aromatic carbocycles. The quantitative estimate of drug-likeness (QED) is 0.896. The fraction of sp³-hybridized carbons (Fsp3) is 0.250. The van der Waals surface area contributed by atoms with Gasteiger partial charge in [-0.1, -0.05) is 19.1 Å². The van der Waals surface area contributed by atoms with Gasteiger partial charge in [0.1, 0.15) is 24.0 Å². The van der Waals surface area contributed by atoms with Crippen molar-refractivity contribution in [2.24, 2.45) is 0 Å². The summed E-state index contributed by atoms with van der Waals surface area (Å²) in [5.41, 5.74) is 1.11. The minimum atomic E-state index is -0.622.